The van der Waals surface area contributed by atoms with Gasteiger partial charge in [-0.1, -0.05) is 23.8 Å². The predicted molar refractivity (Wildman–Crippen MR) is 187 cm³/mol. The number of anilines is 2. The average Bonchev–Trinajstić information content (AvgIpc) is 3.53. The van der Waals surface area contributed by atoms with Crippen LogP contribution in [0.15, 0.2) is 66.0 Å². The molecule has 2 heterocycles. The fourth-order valence-electron chi connectivity index (χ4n) is 5.99. The number of imidazole rings is 1. The number of benzene rings is 2. The molecule has 3 aromatic rings. The molecule has 4 rings (SSSR count). The summed E-state index contributed by atoms with van der Waals surface area (Å²) in [6.07, 6.45) is 7.89. The van der Waals surface area contributed by atoms with Crippen molar-refractivity contribution in [3.05, 3.63) is 83.0 Å². The van der Waals surface area contributed by atoms with Gasteiger partial charge in [-0.25, -0.2) is 40.5 Å². The maximum absolute atomic E-state index is 12.3. The van der Waals surface area contributed by atoms with E-state index in [0.29, 0.717) is 24.3 Å². The molecule has 0 saturated carbocycles. The molecular formula is C34H43N4NaO10S2. The monoisotopic (exact) mass is 754 g/mol. The molecule has 0 bridgehead atoms. The van der Waals surface area contributed by atoms with Gasteiger partial charge in [-0.3, -0.25) is 0 Å². The first-order valence-electron chi connectivity index (χ1n) is 16.1. The van der Waals surface area contributed by atoms with E-state index in [0.717, 1.165) is 39.5 Å². The van der Waals surface area contributed by atoms with Gasteiger partial charge < -0.3 is 23.6 Å². The molecule has 1 aromatic heterocycles. The number of ether oxygens (including phenoxy) is 1. The summed E-state index contributed by atoms with van der Waals surface area (Å²) in [5, 5.41) is 0. The van der Waals surface area contributed by atoms with Crippen LogP contribution in [0.4, 0.5) is 11.4 Å². The summed E-state index contributed by atoms with van der Waals surface area (Å²) in [6.45, 7) is 7.82. The number of esters is 1. The molecule has 1 aliphatic heterocycles. The number of aromatic nitrogens is 2. The summed E-state index contributed by atoms with van der Waals surface area (Å²) < 4.78 is 77.4. The molecule has 51 heavy (non-hydrogen) atoms. The molecule has 1 aliphatic rings. The van der Waals surface area contributed by atoms with Gasteiger partial charge >= 0.3 is 35.5 Å². The van der Waals surface area contributed by atoms with E-state index in [-0.39, 0.29) is 62.1 Å². The van der Waals surface area contributed by atoms with Crippen LogP contribution in [-0.2, 0) is 54.4 Å². The number of methoxy groups -OCH3 is 1. The number of rotatable bonds is 17. The standard InChI is InChI=1S/C34H44N4O10S2.Na/c1-6-35-28-14-12-26(24-48-47-5)22-30(28)37(18-8-20-49(40,41)42)32(35)16-10-25(3)11-17-33-36(7-2)29-15-13-27(34(39)46-4)23-31(29)38(33)19-9-21-50(43,44)45;/h10-17,22-23H,6-9,18-21,24H2,1-5H3,(H-,40,41,42,43,44,45);/q;+1/p-1. The second kappa shape index (κ2) is 18.6. The summed E-state index contributed by atoms with van der Waals surface area (Å²) in [6, 6.07) is 11.0. The minimum atomic E-state index is -4.42. The molecule has 0 atom stereocenters. The molecule has 0 spiro atoms. The van der Waals surface area contributed by atoms with Crippen molar-refractivity contribution in [3.63, 3.8) is 0 Å². The number of hydrogen-bond acceptors (Lipinski definition) is 12. The third-order valence-corrected chi connectivity index (χ3v) is 9.80. The second-order valence-corrected chi connectivity index (χ2v) is 14.6. The number of fused-ring (bicyclic) bond motifs is 2. The minimum absolute atomic E-state index is 0. The summed E-state index contributed by atoms with van der Waals surface area (Å²) in [5.74, 6) is 0.0141. The molecule has 0 unspecified atom stereocenters. The Balaban J connectivity index is 0.00000702. The van der Waals surface area contributed by atoms with Gasteiger partial charge in [0, 0.05) is 30.7 Å². The Morgan fingerprint density at radius 3 is 2.22 bits per heavy atom. The Morgan fingerprint density at radius 2 is 1.61 bits per heavy atom. The van der Waals surface area contributed by atoms with E-state index < -0.39 is 37.7 Å². The van der Waals surface area contributed by atoms with Crippen LogP contribution in [0, 0.1) is 0 Å². The van der Waals surface area contributed by atoms with Crippen LogP contribution in [-0.4, -0.2) is 75.3 Å². The molecule has 2 aromatic carbocycles. The second-order valence-electron chi connectivity index (χ2n) is 11.6. The topological polar surface area (TPSA) is 174 Å². The van der Waals surface area contributed by atoms with Crippen LogP contribution in [0.5, 0.6) is 0 Å². The minimum Gasteiger partial charge on any atom is -0.748 e. The number of aryl methyl sites for hydroxylation is 2. The number of hydrogen-bond donors (Lipinski definition) is 0. The van der Waals surface area contributed by atoms with Crippen LogP contribution in [0.25, 0.3) is 17.1 Å². The van der Waals surface area contributed by atoms with Crippen LogP contribution in [0.3, 0.4) is 0 Å². The van der Waals surface area contributed by atoms with E-state index in [4.69, 9.17) is 14.5 Å². The summed E-state index contributed by atoms with van der Waals surface area (Å²) in [4.78, 5) is 26.1. The van der Waals surface area contributed by atoms with Crippen LogP contribution >= 0.6 is 0 Å². The van der Waals surface area contributed by atoms with Crippen molar-refractivity contribution in [1.29, 1.82) is 0 Å². The van der Waals surface area contributed by atoms with Crippen LogP contribution < -0.4 is 43.9 Å². The van der Waals surface area contributed by atoms with E-state index in [1.807, 2.05) is 83.7 Å². The van der Waals surface area contributed by atoms with Crippen LogP contribution in [0.1, 0.15) is 55.4 Å². The third kappa shape index (κ3) is 11.0. The molecule has 17 heteroatoms. The first-order chi connectivity index (χ1) is 23.7. The van der Waals surface area contributed by atoms with Crippen molar-refractivity contribution in [2.75, 3.05) is 48.6 Å². The first-order valence-corrected chi connectivity index (χ1v) is 19.3. The van der Waals surface area contributed by atoms with Crippen molar-refractivity contribution in [3.8, 4) is 0 Å². The molecule has 14 nitrogen and oxygen atoms in total. The normalized spacial score (nSPS) is 14.5. The zero-order valence-corrected chi connectivity index (χ0v) is 33.5. The zero-order valence-electron chi connectivity index (χ0n) is 29.8. The van der Waals surface area contributed by atoms with Gasteiger partial charge in [0.25, 0.3) is 5.82 Å². The fourth-order valence-corrected chi connectivity index (χ4v) is 6.95. The van der Waals surface area contributed by atoms with E-state index in [9.17, 15) is 30.7 Å². The molecule has 0 fully saturated rings. The van der Waals surface area contributed by atoms with Crippen molar-refractivity contribution in [2.24, 2.45) is 0 Å². The molecule has 0 saturated heterocycles. The maximum Gasteiger partial charge on any atom is 1.00 e. The molecule has 0 radical (unpaired) electrons. The van der Waals surface area contributed by atoms with Gasteiger partial charge in [0.2, 0.25) is 0 Å². The quantitative estimate of drug-likeness (QED) is 0.0362. The van der Waals surface area contributed by atoms with Crippen molar-refractivity contribution < 1.29 is 79.4 Å². The van der Waals surface area contributed by atoms with Crippen molar-refractivity contribution in [1.82, 2.24) is 4.57 Å². The van der Waals surface area contributed by atoms with Gasteiger partial charge in [-0.2, -0.15) is 0 Å². The molecule has 0 amide bonds. The SMILES string of the molecule is CCN1\C(=C/C=C(C)\C=C\c2n(CCCS(=O)(=O)[O-])c3cc(COOC)ccc3[n+]2CC)N(CCCS(=O)(=O)[O-])c2cc(C(=O)OC)ccc21.[Na+]. The summed E-state index contributed by atoms with van der Waals surface area (Å²) in [7, 11) is -6.09. The fraction of sp³-hybridized carbons (Fsp3) is 0.412. The van der Waals surface area contributed by atoms with Crippen molar-refractivity contribution >= 4 is 54.7 Å². The summed E-state index contributed by atoms with van der Waals surface area (Å²) in [5.41, 5.74) is 5.33. The first kappa shape index (κ1) is 42.4. The summed E-state index contributed by atoms with van der Waals surface area (Å²) >= 11 is 0. The van der Waals surface area contributed by atoms with Gasteiger partial charge in [0.15, 0.2) is 11.0 Å². The predicted octanol–water partition coefficient (Wildman–Crippen LogP) is 0.835. The Hall–Kier alpha value is -3.06. The van der Waals surface area contributed by atoms with E-state index in [1.165, 1.54) is 14.2 Å². The third-order valence-electron chi connectivity index (χ3n) is 8.22. The Bertz CT molecular complexity index is 2030. The van der Waals surface area contributed by atoms with Gasteiger partial charge in [-0.15, -0.1) is 0 Å². The maximum atomic E-state index is 12.3. The van der Waals surface area contributed by atoms with Crippen LogP contribution in [0.2, 0.25) is 0 Å². The van der Waals surface area contributed by atoms with E-state index >= 15 is 0 Å². The van der Waals surface area contributed by atoms with E-state index in [1.54, 1.807) is 12.1 Å². The largest absolute Gasteiger partial charge is 1.00 e. The van der Waals surface area contributed by atoms with Gasteiger partial charge in [-0.05, 0) is 75.6 Å². The van der Waals surface area contributed by atoms with Crippen molar-refractivity contribution in [2.45, 2.75) is 53.3 Å². The Kier molecular flexibility index (Phi) is 15.5. The van der Waals surface area contributed by atoms with Gasteiger partial charge in [0.1, 0.15) is 12.4 Å². The van der Waals surface area contributed by atoms with E-state index in [2.05, 4.69) is 4.57 Å². The van der Waals surface area contributed by atoms with Gasteiger partial charge in [0.05, 0.1) is 64.5 Å². The number of carbonyl (C=O) groups excluding carboxylic acids is 1. The Labute approximate surface area is 321 Å². The number of allylic oxidation sites excluding steroid dienone is 4. The number of nitrogens with zero attached hydrogens (tertiary/aromatic N) is 4. The smallest absolute Gasteiger partial charge is 0.748 e. The average molecular weight is 755 g/mol. The molecule has 0 N–H and O–H groups in total. The Morgan fingerprint density at radius 1 is 0.922 bits per heavy atom. The molecule has 272 valence electrons. The molecular weight excluding hydrogens is 712 g/mol. The number of carbonyl (C=O) groups is 1. The molecule has 0 aliphatic carbocycles. The zero-order chi connectivity index (χ0) is 36.6.